The molecule has 1 aromatic carbocycles. The number of methoxy groups -OCH3 is 1. The maximum absolute atomic E-state index is 13.1. The number of hydrogen-bond donors (Lipinski definition) is 0. The topological polar surface area (TPSA) is 29.5 Å². The van der Waals surface area contributed by atoms with Crippen LogP contribution in [-0.4, -0.2) is 24.0 Å². The molecule has 1 aromatic rings. The van der Waals surface area contributed by atoms with E-state index in [1.165, 1.54) is 12.1 Å². The number of rotatable bonds is 3. The highest BCUT2D eigenvalue weighted by atomic mass is 19.1. The molecule has 3 nitrogen and oxygen atoms in total. The minimum absolute atomic E-state index is 0.0118. The molecule has 3 rings (SSSR count). The van der Waals surface area contributed by atoms with Crippen molar-refractivity contribution < 1.29 is 13.9 Å². The molecule has 0 bridgehead atoms. The van der Waals surface area contributed by atoms with Crippen LogP contribution in [0.1, 0.15) is 25.3 Å². The lowest BCUT2D eigenvalue weighted by atomic mass is 9.81. The van der Waals surface area contributed by atoms with Crippen LogP contribution in [0.3, 0.4) is 0 Å². The molecule has 1 aliphatic heterocycles. The van der Waals surface area contributed by atoms with Gasteiger partial charge < -0.3 is 9.64 Å². The van der Waals surface area contributed by atoms with Crippen LogP contribution in [0, 0.1) is 11.7 Å². The van der Waals surface area contributed by atoms with Gasteiger partial charge in [-0.05, 0) is 37.5 Å². The van der Waals surface area contributed by atoms with Gasteiger partial charge in [0.25, 0.3) is 5.91 Å². The second-order valence-electron chi connectivity index (χ2n) is 5.87. The highest BCUT2D eigenvalue weighted by Crippen LogP contribution is 2.37. The Labute approximate surface area is 130 Å². The molecule has 1 heterocycles. The van der Waals surface area contributed by atoms with Crippen LogP contribution in [0.5, 0.6) is 0 Å². The number of allylic oxidation sites excluding steroid dienone is 1. The summed E-state index contributed by atoms with van der Waals surface area (Å²) in [4.78, 5) is 14.6. The summed E-state index contributed by atoms with van der Waals surface area (Å²) >= 11 is 0. The van der Waals surface area contributed by atoms with E-state index in [1.54, 1.807) is 19.2 Å². The quantitative estimate of drug-likeness (QED) is 0.801. The summed E-state index contributed by atoms with van der Waals surface area (Å²) in [6.45, 7) is 2.33. The number of ether oxygens (including phenoxy) is 1. The van der Waals surface area contributed by atoms with Gasteiger partial charge in [-0.15, -0.1) is 0 Å². The molecule has 2 atom stereocenters. The van der Waals surface area contributed by atoms with E-state index >= 15 is 0 Å². The van der Waals surface area contributed by atoms with E-state index in [9.17, 15) is 9.18 Å². The maximum atomic E-state index is 13.1. The van der Waals surface area contributed by atoms with Crippen molar-refractivity contribution in [1.29, 1.82) is 0 Å². The number of nitrogens with zero attached hydrogens (tertiary/aromatic N) is 1. The molecule has 1 aliphatic carbocycles. The third-order valence-electron chi connectivity index (χ3n) is 4.57. The number of amides is 1. The Kier molecular flexibility index (Phi) is 4.01. The van der Waals surface area contributed by atoms with Gasteiger partial charge in [-0.2, -0.15) is 0 Å². The van der Waals surface area contributed by atoms with E-state index in [0.717, 1.165) is 24.2 Å². The summed E-state index contributed by atoms with van der Waals surface area (Å²) in [5, 5.41) is 0. The van der Waals surface area contributed by atoms with E-state index < -0.39 is 0 Å². The van der Waals surface area contributed by atoms with E-state index in [1.807, 2.05) is 11.8 Å². The Hall–Kier alpha value is -2.10. The number of hydrogen-bond acceptors (Lipinski definition) is 2. The van der Waals surface area contributed by atoms with Gasteiger partial charge in [-0.25, -0.2) is 4.39 Å². The standard InChI is InChI=1S/C18H20FNO2/c1-12-17(22-2)15-5-3-4-6-16(15)20(18(12)21)11-13-7-9-14(19)10-8-13/h3-4,7-10,15-16H,5-6,11H2,1-2H3. The van der Waals surface area contributed by atoms with Crippen molar-refractivity contribution in [2.75, 3.05) is 7.11 Å². The molecule has 0 saturated heterocycles. The summed E-state index contributed by atoms with van der Waals surface area (Å²) < 4.78 is 18.6. The van der Waals surface area contributed by atoms with Gasteiger partial charge in [-0.3, -0.25) is 4.79 Å². The predicted octanol–water partition coefficient (Wildman–Crippen LogP) is 3.42. The molecular formula is C18H20FNO2. The number of carbonyl (C=O) groups is 1. The summed E-state index contributed by atoms with van der Waals surface area (Å²) in [5.41, 5.74) is 1.62. The van der Waals surface area contributed by atoms with Gasteiger partial charge in [0.15, 0.2) is 0 Å². The summed E-state index contributed by atoms with van der Waals surface area (Å²) in [7, 11) is 1.64. The van der Waals surface area contributed by atoms with Gasteiger partial charge in [0.2, 0.25) is 0 Å². The molecule has 0 radical (unpaired) electrons. The SMILES string of the molecule is COC1=C(C)C(=O)N(Cc2ccc(F)cc2)C2CC=CCC12. The zero-order valence-corrected chi connectivity index (χ0v) is 12.9. The molecule has 2 aliphatic rings. The second kappa shape index (κ2) is 5.95. The van der Waals surface area contributed by atoms with E-state index in [-0.39, 0.29) is 23.7 Å². The zero-order valence-electron chi connectivity index (χ0n) is 12.9. The summed E-state index contributed by atoms with van der Waals surface area (Å²) in [5.74, 6) is 0.783. The van der Waals surface area contributed by atoms with Gasteiger partial charge in [0.05, 0.1) is 12.7 Å². The molecule has 0 spiro atoms. The fourth-order valence-electron chi connectivity index (χ4n) is 3.46. The molecular weight excluding hydrogens is 281 g/mol. The van der Waals surface area contributed by atoms with Crippen molar-refractivity contribution in [3.8, 4) is 0 Å². The minimum atomic E-state index is -0.259. The molecule has 22 heavy (non-hydrogen) atoms. The van der Waals surface area contributed by atoms with Crippen molar-refractivity contribution in [2.24, 2.45) is 5.92 Å². The molecule has 0 fully saturated rings. The van der Waals surface area contributed by atoms with Gasteiger partial charge in [0, 0.05) is 18.5 Å². The monoisotopic (exact) mass is 301 g/mol. The summed E-state index contributed by atoms with van der Waals surface area (Å²) in [6, 6.07) is 6.46. The van der Waals surface area contributed by atoms with Crippen LogP contribution in [-0.2, 0) is 16.1 Å². The first kappa shape index (κ1) is 14.8. The zero-order chi connectivity index (χ0) is 15.7. The van der Waals surface area contributed by atoms with Crippen molar-refractivity contribution in [3.63, 3.8) is 0 Å². The van der Waals surface area contributed by atoms with Crippen LogP contribution >= 0.6 is 0 Å². The molecule has 1 amide bonds. The highest BCUT2D eigenvalue weighted by molar-refractivity contribution is 5.94. The molecule has 4 heteroatoms. The Morgan fingerprint density at radius 2 is 1.91 bits per heavy atom. The lowest BCUT2D eigenvalue weighted by Crippen LogP contribution is -2.49. The third-order valence-corrected chi connectivity index (χ3v) is 4.57. The van der Waals surface area contributed by atoms with Crippen LogP contribution < -0.4 is 0 Å². The molecule has 0 saturated carbocycles. The van der Waals surface area contributed by atoms with Crippen LogP contribution in [0.25, 0.3) is 0 Å². The molecule has 0 N–H and O–H groups in total. The number of carbonyl (C=O) groups excluding carboxylic acids is 1. The fourth-order valence-corrected chi connectivity index (χ4v) is 3.46. The van der Waals surface area contributed by atoms with Gasteiger partial charge in [0.1, 0.15) is 11.6 Å². The number of benzene rings is 1. The van der Waals surface area contributed by atoms with Crippen molar-refractivity contribution in [3.05, 3.63) is 59.1 Å². The average molecular weight is 301 g/mol. The number of fused-ring (bicyclic) bond motifs is 1. The van der Waals surface area contributed by atoms with E-state index in [0.29, 0.717) is 12.1 Å². The van der Waals surface area contributed by atoms with Crippen LogP contribution in [0.15, 0.2) is 47.7 Å². The van der Waals surface area contributed by atoms with Gasteiger partial charge >= 0.3 is 0 Å². The van der Waals surface area contributed by atoms with Crippen molar-refractivity contribution in [2.45, 2.75) is 32.4 Å². The molecule has 0 aromatic heterocycles. The first-order chi connectivity index (χ1) is 10.6. The normalized spacial score (nSPS) is 24.5. The lowest BCUT2D eigenvalue weighted by molar-refractivity contribution is -0.133. The Balaban J connectivity index is 1.92. The molecule has 2 unspecified atom stereocenters. The Morgan fingerprint density at radius 3 is 2.59 bits per heavy atom. The average Bonchev–Trinajstić information content (AvgIpc) is 2.54. The predicted molar refractivity (Wildman–Crippen MR) is 82.3 cm³/mol. The van der Waals surface area contributed by atoms with Crippen molar-refractivity contribution in [1.82, 2.24) is 4.90 Å². The third kappa shape index (κ3) is 2.54. The van der Waals surface area contributed by atoms with Gasteiger partial charge in [-0.1, -0.05) is 24.3 Å². The first-order valence-corrected chi connectivity index (χ1v) is 7.57. The first-order valence-electron chi connectivity index (χ1n) is 7.57. The maximum Gasteiger partial charge on any atom is 0.253 e. The number of halogens is 1. The second-order valence-corrected chi connectivity index (χ2v) is 5.87. The minimum Gasteiger partial charge on any atom is -0.500 e. The lowest BCUT2D eigenvalue weighted by Gasteiger charge is -2.43. The smallest absolute Gasteiger partial charge is 0.253 e. The molecule has 116 valence electrons. The van der Waals surface area contributed by atoms with E-state index in [4.69, 9.17) is 4.74 Å². The highest BCUT2D eigenvalue weighted by Gasteiger charge is 2.40. The van der Waals surface area contributed by atoms with E-state index in [2.05, 4.69) is 12.2 Å². The largest absolute Gasteiger partial charge is 0.500 e. The Bertz CT molecular complexity index is 633. The Morgan fingerprint density at radius 1 is 1.23 bits per heavy atom. The fraction of sp³-hybridized carbons (Fsp3) is 0.389. The summed E-state index contributed by atoms with van der Waals surface area (Å²) in [6.07, 6.45) is 6.00. The van der Waals surface area contributed by atoms with Crippen molar-refractivity contribution >= 4 is 5.91 Å². The van der Waals surface area contributed by atoms with Crippen LogP contribution in [0.4, 0.5) is 4.39 Å². The van der Waals surface area contributed by atoms with Crippen LogP contribution in [0.2, 0.25) is 0 Å².